The van der Waals surface area contributed by atoms with E-state index in [0.717, 1.165) is 12.8 Å². The summed E-state index contributed by atoms with van der Waals surface area (Å²) in [5.41, 5.74) is 0. The van der Waals surface area contributed by atoms with Crippen LogP contribution in [-0.2, 0) is 15.7 Å². The first-order valence-electron chi connectivity index (χ1n) is 4.96. The minimum atomic E-state index is -0.993. The average Bonchev–Trinajstić information content (AvgIpc) is 2.14. The molecule has 3 nitrogen and oxygen atoms in total. The summed E-state index contributed by atoms with van der Waals surface area (Å²) in [5, 5.41) is 0. The van der Waals surface area contributed by atoms with E-state index in [9.17, 15) is 4.21 Å². The first kappa shape index (κ1) is 11.7. The maximum Gasteiger partial charge on any atom is 0.111 e. The molecular weight excluding hydrogens is 198 g/mol. The van der Waals surface area contributed by atoms with Crippen molar-refractivity contribution in [1.82, 2.24) is 4.72 Å². The molecule has 1 N–H and O–H groups in total. The SMILES string of the molecule is CC(C)(C)S(=O)NC[C@@H]1CCC=CO1. The zero-order valence-corrected chi connectivity index (χ0v) is 9.89. The molecule has 2 atom stereocenters. The van der Waals surface area contributed by atoms with Crippen molar-refractivity contribution < 1.29 is 8.95 Å². The van der Waals surface area contributed by atoms with E-state index in [-0.39, 0.29) is 10.9 Å². The van der Waals surface area contributed by atoms with Crippen molar-refractivity contribution in [3.63, 3.8) is 0 Å². The fourth-order valence-electron chi connectivity index (χ4n) is 1.12. The quantitative estimate of drug-likeness (QED) is 0.782. The Kier molecular flexibility index (Phi) is 4.13. The number of allylic oxidation sites excluding steroid dienone is 1. The summed E-state index contributed by atoms with van der Waals surface area (Å²) in [6.45, 7) is 6.53. The van der Waals surface area contributed by atoms with Crippen LogP contribution in [0.3, 0.4) is 0 Å². The molecule has 1 heterocycles. The Balaban J connectivity index is 2.26. The average molecular weight is 217 g/mol. The summed E-state index contributed by atoms with van der Waals surface area (Å²) >= 11 is 0. The smallest absolute Gasteiger partial charge is 0.111 e. The summed E-state index contributed by atoms with van der Waals surface area (Å²) in [5.74, 6) is 0. The van der Waals surface area contributed by atoms with Crippen LogP contribution < -0.4 is 4.72 Å². The zero-order chi connectivity index (χ0) is 10.6. The van der Waals surface area contributed by atoms with E-state index in [2.05, 4.69) is 4.72 Å². The molecule has 1 aliphatic rings. The van der Waals surface area contributed by atoms with E-state index in [1.165, 1.54) is 0 Å². The number of nitrogens with one attached hydrogen (secondary N) is 1. The molecule has 0 aromatic rings. The van der Waals surface area contributed by atoms with Crippen LogP contribution in [0.15, 0.2) is 12.3 Å². The third-order valence-electron chi connectivity index (χ3n) is 2.02. The molecule has 14 heavy (non-hydrogen) atoms. The van der Waals surface area contributed by atoms with Crippen LogP contribution in [0, 0.1) is 0 Å². The van der Waals surface area contributed by atoms with Gasteiger partial charge in [0.2, 0.25) is 0 Å². The standard InChI is InChI=1S/C10H19NO2S/c1-10(2,3)14(12)11-8-9-6-4-5-7-13-9/h5,7,9,11H,4,6,8H2,1-3H3/t9-,14?/m0/s1. The second kappa shape index (κ2) is 4.94. The number of rotatable bonds is 3. The van der Waals surface area contributed by atoms with Crippen LogP contribution >= 0.6 is 0 Å². The van der Waals surface area contributed by atoms with Crippen LogP contribution in [0.1, 0.15) is 33.6 Å². The van der Waals surface area contributed by atoms with E-state index in [4.69, 9.17) is 4.74 Å². The topological polar surface area (TPSA) is 38.3 Å². The second-order valence-corrected chi connectivity index (χ2v) is 6.49. The van der Waals surface area contributed by atoms with Crippen molar-refractivity contribution in [2.24, 2.45) is 0 Å². The predicted molar refractivity (Wildman–Crippen MR) is 59.1 cm³/mol. The van der Waals surface area contributed by atoms with E-state index in [0.29, 0.717) is 6.54 Å². The molecular formula is C10H19NO2S. The minimum absolute atomic E-state index is 0.172. The lowest BCUT2D eigenvalue weighted by molar-refractivity contribution is 0.128. The van der Waals surface area contributed by atoms with Crippen molar-refractivity contribution in [3.05, 3.63) is 12.3 Å². The molecule has 0 saturated carbocycles. The molecule has 0 aromatic carbocycles. The maximum absolute atomic E-state index is 11.6. The van der Waals surface area contributed by atoms with Crippen LogP contribution in [0.5, 0.6) is 0 Å². The van der Waals surface area contributed by atoms with Gasteiger partial charge in [0.15, 0.2) is 0 Å². The molecule has 0 radical (unpaired) electrons. The van der Waals surface area contributed by atoms with Gasteiger partial charge in [-0.25, -0.2) is 8.93 Å². The molecule has 0 bridgehead atoms. The molecule has 0 spiro atoms. The molecule has 0 saturated heterocycles. The van der Waals surface area contributed by atoms with Gasteiger partial charge in [-0.15, -0.1) is 0 Å². The maximum atomic E-state index is 11.6. The van der Waals surface area contributed by atoms with Crippen molar-refractivity contribution in [3.8, 4) is 0 Å². The Morgan fingerprint density at radius 3 is 2.79 bits per heavy atom. The normalized spacial score (nSPS) is 24.4. The summed E-state index contributed by atoms with van der Waals surface area (Å²) in [7, 11) is -0.993. The predicted octanol–water partition coefficient (Wildman–Crippen LogP) is 1.73. The lowest BCUT2D eigenvalue weighted by Crippen LogP contribution is -2.38. The molecule has 0 aliphatic carbocycles. The highest BCUT2D eigenvalue weighted by Gasteiger charge is 2.20. The van der Waals surface area contributed by atoms with Gasteiger partial charge in [-0.2, -0.15) is 0 Å². The van der Waals surface area contributed by atoms with Crippen molar-refractivity contribution in [2.75, 3.05) is 6.54 Å². The first-order valence-corrected chi connectivity index (χ1v) is 6.11. The van der Waals surface area contributed by atoms with E-state index in [1.807, 2.05) is 26.8 Å². The van der Waals surface area contributed by atoms with Gasteiger partial charge in [-0.3, -0.25) is 0 Å². The molecule has 0 fully saturated rings. The molecule has 4 heteroatoms. The molecule has 82 valence electrons. The number of ether oxygens (including phenoxy) is 1. The monoisotopic (exact) mass is 217 g/mol. The van der Waals surface area contributed by atoms with Crippen LogP contribution in [0.4, 0.5) is 0 Å². The summed E-state index contributed by atoms with van der Waals surface area (Å²) in [6, 6.07) is 0. The molecule has 1 unspecified atom stereocenters. The Bertz CT molecular complexity index is 233. The lowest BCUT2D eigenvalue weighted by Gasteiger charge is -2.23. The zero-order valence-electron chi connectivity index (χ0n) is 9.08. The van der Waals surface area contributed by atoms with Gasteiger partial charge in [-0.05, 0) is 39.7 Å². The first-order chi connectivity index (χ1) is 6.50. The summed E-state index contributed by atoms with van der Waals surface area (Å²) < 4.78 is 19.8. The highest BCUT2D eigenvalue weighted by molar-refractivity contribution is 7.84. The Hall–Kier alpha value is -0.350. The van der Waals surface area contributed by atoms with Gasteiger partial charge in [0.25, 0.3) is 0 Å². The largest absolute Gasteiger partial charge is 0.497 e. The third-order valence-corrected chi connectivity index (χ3v) is 3.56. The molecule has 0 amide bonds. The van der Waals surface area contributed by atoms with Crippen molar-refractivity contribution in [1.29, 1.82) is 0 Å². The lowest BCUT2D eigenvalue weighted by atomic mass is 10.2. The molecule has 1 rings (SSSR count). The molecule has 1 aliphatic heterocycles. The van der Waals surface area contributed by atoms with Gasteiger partial charge < -0.3 is 4.74 Å². The van der Waals surface area contributed by atoms with Crippen molar-refractivity contribution >= 4 is 11.0 Å². The van der Waals surface area contributed by atoms with Gasteiger partial charge in [0.1, 0.15) is 6.10 Å². The van der Waals surface area contributed by atoms with Crippen LogP contribution in [0.25, 0.3) is 0 Å². The van der Waals surface area contributed by atoms with E-state index >= 15 is 0 Å². The number of hydrogen-bond donors (Lipinski definition) is 1. The van der Waals surface area contributed by atoms with E-state index < -0.39 is 11.0 Å². The molecule has 0 aromatic heterocycles. The summed E-state index contributed by atoms with van der Waals surface area (Å²) in [6.07, 6.45) is 5.97. The Morgan fingerprint density at radius 1 is 1.57 bits per heavy atom. The fraction of sp³-hybridized carbons (Fsp3) is 0.800. The van der Waals surface area contributed by atoms with Gasteiger partial charge in [0.05, 0.1) is 22.0 Å². The highest BCUT2D eigenvalue weighted by atomic mass is 32.2. The second-order valence-electron chi connectivity index (χ2n) is 4.44. The highest BCUT2D eigenvalue weighted by Crippen LogP contribution is 2.12. The van der Waals surface area contributed by atoms with Gasteiger partial charge in [0, 0.05) is 6.54 Å². The number of hydrogen-bond acceptors (Lipinski definition) is 2. The van der Waals surface area contributed by atoms with Gasteiger partial charge >= 0.3 is 0 Å². The Labute approximate surface area is 88.5 Å². The third kappa shape index (κ3) is 3.80. The Morgan fingerprint density at radius 2 is 2.29 bits per heavy atom. The van der Waals surface area contributed by atoms with Crippen molar-refractivity contribution in [2.45, 2.75) is 44.5 Å². The van der Waals surface area contributed by atoms with E-state index in [1.54, 1.807) is 6.26 Å². The van der Waals surface area contributed by atoms with Gasteiger partial charge in [-0.1, -0.05) is 0 Å². The minimum Gasteiger partial charge on any atom is -0.497 e. The fourth-order valence-corrected chi connectivity index (χ4v) is 1.89. The summed E-state index contributed by atoms with van der Waals surface area (Å²) in [4.78, 5) is 0. The van der Waals surface area contributed by atoms with Crippen LogP contribution in [0.2, 0.25) is 0 Å². The van der Waals surface area contributed by atoms with Crippen LogP contribution in [-0.4, -0.2) is 21.6 Å².